The van der Waals surface area contributed by atoms with Crippen molar-refractivity contribution in [2.24, 2.45) is 0 Å². The monoisotopic (exact) mass is 474 g/mol. The van der Waals surface area contributed by atoms with Gasteiger partial charge >= 0.3 is 0 Å². The molecule has 0 aliphatic carbocycles. The number of pyridine rings is 2. The summed E-state index contributed by atoms with van der Waals surface area (Å²) in [5.41, 5.74) is 8.76. The van der Waals surface area contributed by atoms with E-state index in [4.69, 9.17) is 5.73 Å². The van der Waals surface area contributed by atoms with Gasteiger partial charge in [0.25, 0.3) is 0 Å². The Kier molecular flexibility index (Phi) is 10.7. The van der Waals surface area contributed by atoms with Gasteiger partial charge in [-0.05, 0) is 55.4 Å². The van der Waals surface area contributed by atoms with Crippen LogP contribution in [-0.4, -0.2) is 45.5 Å². The SMILES string of the molecule is CC.CCCN(CC)CCC(=O)Nc1cccc(-c2cc(-c3ncccc3O)nc(N)c2C#N)c1. The van der Waals surface area contributed by atoms with E-state index in [0.717, 1.165) is 19.5 Å². The topological polar surface area (TPSA) is 128 Å². The number of carbonyl (C=O) groups is 1. The number of aromatic hydroxyl groups is 1. The average molecular weight is 475 g/mol. The Morgan fingerprint density at radius 2 is 1.94 bits per heavy atom. The molecule has 0 unspecified atom stereocenters. The molecule has 0 bridgehead atoms. The van der Waals surface area contributed by atoms with E-state index in [9.17, 15) is 15.2 Å². The van der Waals surface area contributed by atoms with Crippen molar-refractivity contribution in [2.75, 3.05) is 30.7 Å². The fourth-order valence-corrected chi connectivity index (χ4v) is 3.62. The van der Waals surface area contributed by atoms with Crippen LogP contribution in [0.3, 0.4) is 0 Å². The van der Waals surface area contributed by atoms with E-state index in [-0.39, 0.29) is 28.7 Å². The van der Waals surface area contributed by atoms with Gasteiger partial charge in [-0.2, -0.15) is 5.26 Å². The molecule has 1 amide bonds. The molecule has 0 atom stereocenters. The lowest BCUT2D eigenvalue weighted by atomic mass is 9.99. The molecule has 4 N–H and O–H groups in total. The van der Waals surface area contributed by atoms with Gasteiger partial charge in [0.05, 0.1) is 5.69 Å². The number of nitrogens with zero attached hydrogens (tertiary/aromatic N) is 4. The second kappa shape index (κ2) is 13.7. The summed E-state index contributed by atoms with van der Waals surface area (Å²) in [6, 6.07) is 14.1. The van der Waals surface area contributed by atoms with E-state index in [1.165, 1.54) is 6.07 Å². The number of hydrogen-bond acceptors (Lipinski definition) is 7. The molecule has 2 heterocycles. The third-order valence-electron chi connectivity index (χ3n) is 5.29. The van der Waals surface area contributed by atoms with Crippen LogP contribution < -0.4 is 11.1 Å². The van der Waals surface area contributed by atoms with E-state index in [1.54, 1.807) is 36.5 Å². The van der Waals surface area contributed by atoms with Crippen LogP contribution in [0.15, 0.2) is 48.7 Å². The van der Waals surface area contributed by atoms with Crippen LogP contribution in [-0.2, 0) is 4.79 Å². The highest BCUT2D eigenvalue weighted by Gasteiger charge is 2.16. The van der Waals surface area contributed by atoms with Gasteiger partial charge in [-0.1, -0.05) is 39.8 Å². The number of aromatic nitrogens is 2. The Hall–Kier alpha value is -3.96. The first-order valence-electron chi connectivity index (χ1n) is 11.9. The maximum Gasteiger partial charge on any atom is 0.225 e. The van der Waals surface area contributed by atoms with E-state index < -0.39 is 0 Å². The molecule has 2 aromatic heterocycles. The predicted molar refractivity (Wildman–Crippen MR) is 141 cm³/mol. The maximum absolute atomic E-state index is 12.5. The summed E-state index contributed by atoms with van der Waals surface area (Å²) in [6.45, 7) is 10.8. The minimum Gasteiger partial charge on any atom is -0.506 e. The van der Waals surface area contributed by atoms with Crippen molar-refractivity contribution in [3.8, 4) is 34.3 Å². The molecule has 1 aromatic carbocycles. The minimum absolute atomic E-state index is 0.0368. The van der Waals surface area contributed by atoms with Crippen molar-refractivity contribution in [2.45, 2.75) is 40.5 Å². The summed E-state index contributed by atoms with van der Waals surface area (Å²) in [4.78, 5) is 23.2. The maximum atomic E-state index is 12.5. The van der Waals surface area contributed by atoms with Crippen LogP contribution in [0.25, 0.3) is 22.5 Å². The third-order valence-corrected chi connectivity index (χ3v) is 5.29. The molecule has 184 valence electrons. The highest BCUT2D eigenvalue weighted by atomic mass is 16.3. The third kappa shape index (κ3) is 7.26. The minimum atomic E-state index is -0.0736. The molecule has 0 saturated carbocycles. The smallest absolute Gasteiger partial charge is 0.225 e. The van der Waals surface area contributed by atoms with Crippen LogP contribution in [0.5, 0.6) is 5.75 Å². The molecule has 8 nitrogen and oxygen atoms in total. The number of nitrogens with two attached hydrogens (primary N) is 1. The summed E-state index contributed by atoms with van der Waals surface area (Å²) in [5, 5.41) is 22.8. The molecule has 0 aliphatic heterocycles. The Morgan fingerprint density at radius 3 is 2.60 bits per heavy atom. The number of anilines is 2. The van der Waals surface area contributed by atoms with E-state index in [0.29, 0.717) is 35.5 Å². The Morgan fingerprint density at radius 1 is 1.17 bits per heavy atom. The summed E-state index contributed by atoms with van der Waals surface area (Å²) < 4.78 is 0. The van der Waals surface area contributed by atoms with Crippen molar-refractivity contribution in [3.05, 3.63) is 54.2 Å². The molecule has 35 heavy (non-hydrogen) atoms. The molecule has 3 rings (SSSR count). The lowest BCUT2D eigenvalue weighted by molar-refractivity contribution is -0.116. The number of benzene rings is 1. The standard InChI is InChI=1S/C25H28N6O2.C2H6/c1-3-12-31(4-2)13-10-23(33)29-18-8-5-7-17(14-18)19-15-21(30-25(27)20(19)16-26)24-22(32)9-6-11-28-24;1-2/h5-9,11,14-15,32H,3-4,10,12-13H2,1-2H3,(H2,27,30)(H,29,33);1-2H3. The number of carbonyl (C=O) groups excluding carboxylic acids is 1. The number of hydrogen-bond donors (Lipinski definition) is 3. The highest BCUT2D eigenvalue weighted by Crippen LogP contribution is 2.34. The van der Waals surface area contributed by atoms with Gasteiger partial charge in [0.15, 0.2) is 0 Å². The fourth-order valence-electron chi connectivity index (χ4n) is 3.62. The first kappa shape index (κ1) is 27.3. The van der Waals surface area contributed by atoms with Gasteiger partial charge in [-0.3, -0.25) is 9.78 Å². The molecular weight excluding hydrogens is 440 g/mol. The first-order valence-corrected chi connectivity index (χ1v) is 11.9. The summed E-state index contributed by atoms with van der Waals surface area (Å²) in [6.07, 6.45) is 2.99. The second-order valence-electron chi connectivity index (χ2n) is 7.61. The first-order chi connectivity index (χ1) is 17.0. The number of rotatable bonds is 9. The van der Waals surface area contributed by atoms with E-state index >= 15 is 0 Å². The zero-order valence-electron chi connectivity index (χ0n) is 20.9. The zero-order valence-corrected chi connectivity index (χ0v) is 20.9. The molecule has 3 aromatic rings. The van der Waals surface area contributed by atoms with Crippen LogP contribution in [0.1, 0.15) is 46.1 Å². The second-order valence-corrected chi connectivity index (χ2v) is 7.61. The van der Waals surface area contributed by atoms with Crippen molar-refractivity contribution in [3.63, 3.8) is 0 Å². The van der Waals surface area contributed by atoms with Crippen LogP contribution >= 0.6 is 0 Å². The van der Waals surface area contributed by atoms with Crippen LogP contribution in [0.4, 0.5) is 11.5 Å². The molecule has 0 spiro atoms. The van der Waals surface area contributed by atoms with Crippen molar-refractivity contribution in [1.82, 2.24) is 14.9 Å². The lowest BCUT2D eigenvalue weighted by Gasteiger charge is -2.19. The van der Waals surface area contributed by atoms with Gasteiger partial charge in [0.2, 0.25) is 5.91 Å². The van der Waals surface area contributed by atoms with Gasteiger partial charge in [0.1, 0.15) is 28.9 Å². The molecule has 0 aliphatic rings. The number of nitrogen functional groups attached to an aromatic ring is 1. The Balaban J connectivity index is 0.00000210. The highest BCUT2D eigenvalue weighted by molar-refractivity contribution is 5.92. The van der Waals surface area contributed by atoms with Gasteiger partial charge in [-0.25, -0.2) is 4.98 Å². The zero-order chi connectivity index (χ0) is 25.8. The van der Waals surface area contributed by atoms with Crippen LogP contribution in [0, 0.1) is 11.3 Å². The Bertz CT molecular complexity index is 1170. The number of amides is 1. The molecule has 0 saturated heterocycles. The predicted octanol–water partition coefficient (Wildman–Crippen LogP) is 5.06. The van der Waals surface area contributed by atoms with Crippen molar-refractivity contribution in [1.29, 1.82) is 5.26 Å². The molecule has 0 radical (unpaired) electrons. The van der Waals surface area contributed by atoms with Gasteiger partial charge < -0.3 is 21.1 Å². The van der Waals surface area contributed by atoms with E-state index in [2.05, 4.69) is 40.1 Å². The van der Waals surface area contributed by atoms with Gasteiger partial charge in [0, 0.05) is 30.4 Å². The lowest BCUT2D eigenvalue weighted by Crippen LogP contribution is -2.28. The van der Waals surface area contributed by atoms with Crippen molar-refractivity contribution < 1.29 is 9.90 Å². The van der Waals surface area contributed by atoms with Crippen LogP contribution in [0.2, 0.25) is 0 Å². The largest absolute Gasteiger partial charge is 0.506 e. The molecule has 0 fully saturated rings. The molecule has 8 heteroatoms. The number of nitrogens with one attached hydrogen (secondary N) is 1. The molecular formula is C27H34N6O2. The fraction of sp³-hybridized carbons (Fsp3) is 0.333. The number of nitriles is 1. The average Bonchev–Trinajstić information content (AvgIpc) is 2.87. The van der Waals surface area contributed by atoms with Gasteiger partial charge in [-0.15, -0.1) is 0 Å². The normalized spacial score (nSPS) is 10.3. The van der Waals surface area contributed by atoms with Crippen molar-refractivity contribution >= 4 is 17.4 Å². The summed E-state index contributed by atoms with van der Waals surface area (Å²) in [7, 11) is 0. The quantitative estimate of drug-likeness (QED) is 0.395. The van der Waals surface area contributed by atoms with E-state index in [1.807, 2.05) is 19.9 Å². The summed E-state index contributed by atoms with van der Waals surface area (Å²) in [5.74, 6) is -0.0686. The Labute approximate surface area is 207 Å². The summed E-state index contributed by atoms with van der Waals surface area (Å²) >= 11 is 0.